The molecule has 0 saturated carbocycles. The molecule has 1 aromatic heterocycles. The topological polar surface area (TPSA) is 120 Å². The normalized spacial score (nSPS) is 19.7. The number of fused-ring (bicyclic) bond motifs is 1. The highest BCUT2D eigenvalue weighted by molar-refractivity contribution is 7.91. The zero-order chi connectivity index (χ0) is 19.0. The molecule has 0 bridgehead atoms. The molecule has 1 aromatic carbocycles. The van der Waals surface area contributed by atoms with Gasteiger partial charge in [-0.1, -0.05) is 0 Å². The third-order valence-electron chi connectivity index (χ3n) is 4.29. The number of nitrogens with one attached hydrogen (secondary N) is 2. The fourth-order valence-corrected chi connectivity index (χ4v) is 4.72. The first-order valence-corrected chi connectivity index (χ1v) is 10.2. The number of carbonyl (C=O) groups is 1. The average molecular weight is 390 g/mol. The molecule has 3 heterocycles. The monoisotopic (exact) mass is 390 g/mol. The SMILES string of the molecule is Cc1nc(NC2CCS(=O)(=O)C2)cc(C(=O)Nc2ccc3c(c2)OCO3)n1. The number of benzene rings is 1. The molecular formula is C17H18N4O5S. The van der Waals surface area contributed by atoms with Gasteiger partial charge in [-0.3, -0.25) is 4.79 Å². The Labute approximate surface area is 156 Å². The van der Waals surface area contributed by atoms with E-state index in [2.05, 4.69) is 20.6 Å². The number of amides is 1. The lowest BCUT2D eigenvalue weighted by atomic mass is 10.2. The summed E-state index contributed by atoms with van der Waals surface area (Å²) in [5.74, 6) is 1.86. The molecule has 4 rings (SSSR count). The van der Waals surface area contributed by atoms with E-state index in [0.717, 1.165) is 0 Å². The fraction of sp³-hybridized carbons (Fsp3) is 0.353. The summed E-state index contributed by atoms with van der Waals surface area (Å²) in [4.78, 5) is 21.0. The molecular weight excluding hydrogens is 372 g/mol. The minimum Gasteiger partial charge on any atom is -0.454 e. The predicted octanol–water partition coefficient (Wildman–Crippen LogP) is 1.37. The summed E-state index contributed by atoms with van der Waals surface area (Å²) < 4.78 is 33.7. The molecule has 2 aliphatic rings. The third-order valence-corrected chi connectivity index (χ3v) is 6.05. The fourth-order valence-electron chi connectivity index (χ4n) is 3.05. The van der Waals surface area contributed by atoms with Crippen LogP contribution in [0.1, 0.15) is 22.7 Å². The van der Waals surface area contributed by atoms with Crippen LogP contribution in [0.15, 0.2) is 24.3 Å². The van der Waals surface area contributed by atoms with E-state index < -0.39 is 15.7 Å². The van der Waals surface area contributed by atoms with E-state index in [9.17, 15) is 13.2 Å². The average Bonchev–Trinajstić information content (AvgIpc) is 3.19. The quantitative estimate of drug-likeness (QED) is 0.803. The van der Waals surface area contributed by atoms with Crippen LogP contribution in [-0.4, -0.2) is 48.6 Å². The van der Waals surface area contributed by atoms with Crippen molar-refractivity contribution >= 4 is 27.2 Å². The van der Waals surface area contributed by atoms with E-state index in [1.165, 1.54) is 6.07 Å². The molecule has 1 unspecified atom stereocenters. The first-order chi connectivity index (χ1) is 12.9. The first-order valence-electron chi connectivity index (χ1n) is 8.42. The lowest BCUT2D eigenvalue weighted by Gasteiger charge is -2.13. The van der Waals surface area contributed by atoms with E-state index in [4.69, 9.17) is 9.47 Å². The Balaban J connectivity index is 1.49. The molecule has 2 aliphatic heterocycles. The molecule has 0 spiro atoms. The number of hydrogen-bond donors (Lipinski definition) is 2. The third kappa shape index (κ3) is 3.95. The van der Waals surface area contributed by atoms with Gasteiger partial charge in [0.25, 0.3) is 5.91 Å². The number of rotatable bonds is 4. The predicted molar refractivity (Wildman–Crippen MR) is 98.0 cm³/mol. The van der Waals surface area contributed by atoms with Crippen LogP contribution >= 0.6 is 0 Å². The van der Waals surface area contributed by atoms with Crippen LogP contribution in [0.5, 0.6) is 11.5 Å². The van der Waals surface area contributed by atoms with Crippen molar-refractivity contribution < 1.29 is 22.7 Å². The second kappa shape index (κ2) is 6.69. The highest BCUT2D eigenvalue weighted by Gasteiger charge is 2.28. The van der Waals surface area contributed by atoms with E-state index in [1.54, 1.807) is 25.1 Å². The minimum atomic E-state index is -3.01. The molecule has 27 heavy (non-hydrogen) atoms. The van der Waals surface area contributed by atoms with E-state index in [1.807, 2.05) is 0 Å². The van der Waals surface area contributed by atoms with Crippen molar-refractivity contribution in [2.24, 2.45) is 0 Å². The molecule has 0 radical (unpaired) electrons. The van der Waals surface area contributed by atoms with Crippen molar-refractivity contribution in [1.29, 1.82) is 0 Å². The Kier molecular flexibility index (Phi) is 4.34. The molecule has 0 aliphatic carbocycles. The number of carbonyl (C=O) groups excluding carboxylic acids is 1. The number of ether oxygens (including phenoxy) is 2. The van der Waals surface area contributed by atoms with Crippen molar-refractivity contribution in [3.8, 4) is 11.5 Å². The van der Waals surface area contributed by atoms with Crippen molar-refractivity contribution in [2.75, 3.05) is 28.9 Å². The number of aromatic nitrogens is 2. The number of hydrogen-bond acceptors (Lipinski definition) is 8. The van der Waals surface area contributed by atoms with Crippen LogP contribution in [0.4, 0.5) is 11.5 Å². The summed E-state index contributed by atoms with van der Waals surface area (Å²) in [5.41, 5.74) is 0.737. The Bertz CT molecular complexity index is 1010. The molecule has 1 amide bonds. The smallest absolute Gasteiger partial charge is 0.274 e. The first kappa shape index (κ1) is 17.5. The largest absolute Gasteiger partial charge is 0.454 e. The number of anilines is 2. The minimum absolute atomic E-state index is 0.0643. The number of nitrogens with zero attached hydrogens (tertiary/aromatic N) is 2. The lowest BCUT2D eigenvalue weighted by Crippen LogP contribution is -2.22. The van der Waals surface area contributed by atoms with Gasteiger partial charge in [-0.25, -0.2) is 18.4 Å². The van der Waals surface area contributed by atoms with Gasteiger partial charge in [-0.2, -0.15) is 0 Å². The zero-order valence-corrected chi connectivity index (χ0v) is 15.4. The summed E-state index contributed by atoms with van der Waals surface area (Å²) in [6.07, 6.45) is 0.518. The van der Waals surface area contributed by atoms with Gasteiger partial charge < -0.3 is 20.1 Å². The van der Waals surface area contributed by atoms with Crippen LogP contribution in [-0.2, 0) is 9.84 Å². The Morgan fingerprint density at radius 3 is 2.78 bits per heavy atom. The van der Waals surface area contributed by atoms with Crippen LogP contribution in [0.2, 0.25) is 0 Å². The zero-order valence-electron chi connectivity index (χ0n) is 14.6. The van der Waals surface area contributed by atoms with Crippen LogP contribution in [0.3, 0.4) is 0 Å². The van der Waals surface area contributed by atoms with Gasteiger partial charge in [0.05, 0.1) is 11.5 Å². The van der Waals surface area contributed by atoms with E-state index in [0.29, 0.717) is 35.2 Å². The molecule has 9 nitrogen and oxygen atoms in total. The second-order valence-electron chi connectivity index (χ2n) is 6.45. The Morgan fingerprint density at radius 1 is 1.19 bits per heavy atom. The number of sulfone groups is 1. The second-order valence-corrected chi connectivity index (χ2v) is 8.68. The number of aryl methyl sites for hydroxylation is 1. The molecule has 10 heteroatoms. The molecule has 2 N–H and O–H groups in total. The van der Waals surface area contributed by atoms with Crippen molar-refractivity contribution in [3.05, 3.63) is 35.8 Å². The standard InChI is InChI=1S/C17H18N4O5S/c1-10-18-13(7-16(19-10)20-12-4-5-27(23,24)8-12)17(22)21-11-2-3-14-15(6-11)26-9-25-14/h2-3,6-7,12H,4-5,8-9H2,1H3,(H,21,22)(H,18,19,20). The summed E-state index contributed by atoms with van der Waals surface area (Å²) in [5, 5.41) is 5.84. The van der Waals surface area contributed by atoms with Gasteiger partial charge in [-0.05, 0) is 25.5 Å². The van der Waals surface area contributed by atoms with Gasteiger partial charge in [0.15, 0.2) is 21.3 Å². The summed E-state index contributed by atoms with van der Waals surface area (Å²) >= 11 is 0. The highest BCUT2D eigenvalue weighted by atomic mass is 32.2. The van der Waals surface area contributed by atoms with E-state index >= 15 is 0 Å². The van der Waals surface area contributed by atoms with E-state index in [-0.39, 0.29) is 30.0 Å². The van der Waals surface area contributed by atoms with Gasteiger partial charge >= 0.3 is 0 Å². The van der Waals surface area contributed by atoms with Gasteiger partial charge in [0.1, 0.15) is 17.3 Å². The summed E-state index contributed by atoms with van der Waals surface area (Å²) in [6.45, 7) is 1.83. The molecule has 1 saturated heterocycles. The summed E-state index contributed by atoms with van der Waals surface area (Å²) in [6, 6.07) is 6.41. The Hall–Kier alpha value is -2.88. The summed E-state index contributed by atoms with van der Waals surface area (Å²) in [7, 11) is -3.01. The molecule has 142 valence electrons. The van der Waals surface area contributed by atoms with Crippen molar-refractivity contribution in [3.63, 3.8) is 0 Å². The van der Waals surface area contributed by atoms with Crippen LogP contribution in [0.25, 0.3) is 0 Å². The highest BCUT2D eigenvalue weighted by Crippen LogP contribution is 2.34. The lowest BCUT2D eigenvalue weighted by molar-refractivity contribution is 0.102. The van der Waals surface area contributed by atoms with Crippen molar-refractivity contribution in [1.82, 2.24) is 9.97 Å². The van der Waals surface area contributed by atoms with Crippen LogP contribution in [0, 0.1) is 6.92 Å². The van der Waals surface area contributed by atoms with Gasteiger partial charge in [0.2, 0.25) is 6.79 Å². The van der Waals surface area contributed by atoms with Gasteiger partial charge in [-0.15, -0.1) is 0 Å². The van der Waals surface area contributed by atoms with Crippen molar-refractivity contribution in [2.45, 2.75) is 19.4 Å². The molecule has 1 fully saturated rings. The molecule has 1 atom stereocenters. The Morgan fingerprint density at radius 2 is 2.00 bits per heavy atom. The maximum atomic E-state index is 12.6. The maximum absolute atomic E-state index is 12.6. The van der Waals surface area contributed by atoms with Gasteiger partial charge in [0, 0.05) is 23.9 Å². The maximum Gasteiger partial charge on any atom is 0.274 e. The molecule has 2 aromatic rings. The van der Waals surface area contributed by atoms with Crippen LogP contribution < -0.4 is 20.1 Å².